The van der Waals surface area contributed by atoms with Gasteiger partial charge in [0, 0.05) is 13.5 Å². The van der Waals surface area contributed by atoms with Gasteiger partial charge in [-0.05, 0) is 0 Å². The Morgan fingerprint density at radius 2 is 1.47 bits per heavy atom. The first-order valence-corrected chi connectivity index (χ1v) is 16.0. The third kappa shape index (κ3) is 6.26. The summed E-state index contributed by atoms with van der Waals surface area (Å²) in [4.78, 5) is 44.0. The molecule has 0 amide bonds. The molecule has 0 spiro atoms. The van der Waals surface area contributed by atoms with E-state index in [1.54, 1.807) is 0 Å². The summed E-state index contributed by atoms with van der Waals surface area (Å²) in [7, 11) is -8.79. The zero-order valence-corrected chi connectivity index (χ0v) is 24.8. The molecule has 244 valence electrons. The average molecular weight is 678 g/mol. The van der Waals surface area contributed by atoms with Gasteiger partial charge < -0.3 is 30.7 Å². The number of phosphoric ester groups is 2. The highest BCUT2D eigenvalue weighted by Crippen LogP contribution is 2.51. The van der Waals surface area contributed by atoms with Gasteiger partial charge in [0.25, 0.3) is 0 Å². The Morgan fingerprint density at radius 1 is 0.889 bits per heavy atom. The minimum Gasteiger partial charge on any atom is -0.382 e. The number of anilines is 2. The van der Waals surface area contributed by atoms with Crippen molar-refractivity contribution in [3.63, 3.8) is 0 Å². The predicted molar refractivity (Wildman–Crippen MR) is 145 cm³/mol. The van der Waals surface area contributed by atoms with Crippen molar-refractivity contribution in [2.45, 2.75) is 49.5 Å². The number of alkyl halides is 2. The molecule has 9 atom stereocenters. The van der Waals surface area contributed by atoms with Crippen LogP contribution in [0.15, 0.2) is 25.3 Å². The van der Waals surface area contributed by atoms with E-state index in [-0.39, 0.29) is 40.4 Å². The Kier molecular flexibility index (Phi) is 8.54. The van der Waals surface area contributed by atoms with Gasteiger partial charge in [-0.25, -0.2) is 47.8 Å². The van der Waals surface area contributed by atoms with Crippen LogP contribution in [0, 0.1) is 0 Å². The van der Waals surface area contributed by atoms with E-state index in [4.69, 9.17) is 34.5 Å². The van der Waals surface area contributed by atoms with Gasteiger partial charge >= 0.3 is 15.6 Å². The number of phosphoric acid groups is 2. The first kappa shape index (κ1) is 31.7. The maximum Gasteiger partial charge on any atom is 0.472 e. The monoisotopic (exact) mass is 678 g/mol. The van der Waals surface area contributed by atoms with E-state index in [0.29, 0.717) is 0 Å². The largest absolute Gasteiger partial charge is 0.472 e. The normalized spacial score (nSPS) is 29.8. The quantitative estimate of drug-likeness (QED) is 0.161. The molecule has 6 heterocycles. The molecule has 0 bridgehead atoms. The molecule has 45 heavy (non-hydrogen) atoms. The van der Waals surface area contributed by atoms with Crippen LogP contribution in [0.4, 0.5) is 20.4 Å². The van der Waals surface area contributed by atoms with E-state index in [2.05, 4.69) is 34.4 Å². The number of halogens is 2. The molecular formula is C21H26F2N10O10P2. The maximum absolute atomic E-state index is 15.9. The van der Waals surface area contributed by atoms with Gasteiger partial charge in [0.1, 0.15) is 42.1 Å². The van der Waals surface area contributed by atoms with Crippen LogP contribution in [0.5, 0.6) is 0 Å². The lowest BCUT2D eigenvalue weighted by Gasteiger charge is -2.23. The molecular weight excluding hydrogens is 652 g/mol. The molecule has 2 aliphatic heterocycles. The Hall–Kier alpha value is -3.30. The van der Waals surface area contributed by atoms with Crippen LogP contribution in [0.3, 0.4) is 0 Å². The second-order valence-electron chi connectivity index (χ2n) is 9.86. The zero-order chi connectivity index (χ0) is 32.1. The number of aromatic nitrogens is 8. The van der Waals surface area contributed by atoms with Crippen LogP contribution in [0.25, 0.3) is 22.3 Å². The lowest BCUT2D eigenvalue weighted by Crippen LogP contribution is -2.34. The van der Waals surface area contributed by atoms with Crippen molar-refractivity contribution in [1.82, 2.24) is 39.0 Å². The molecule has 0 radical (unpaired) electrons. The number of ether oxygens (including phenoxy) is 2. The van der Waals surface area contributed by atoms with Gasteiger partial charge in [-0.1, -0.05) is 0 Å². The maximum atomic E-state index is 15.9. The van der Waals surface area contributed by atoms with Crippen molar-refractivity contribution in [3.8, 4) is 0 Å². The number of imidazole rings is 2. The minimum atomic E-state index is -5.11. The van der Waals surface area contributed by atoms with Crippen LogP contribution < -0.4 is 11.5 Å². The van der Waals surface area contributed by atoms with Crippen molar-refractivity contribution in [1.29, 1.82) is 0 Å². The number of nitrogens with zero attached hydrogens (tertiary/aromatic N) is 8. The van der Waals surface area contributed by atoms with Crippen LogP contribution in [0.2, 0.25) is 0 Å². The summed E-state index contributed by atoms with van der Waals surface area (Å²) in [5.74, 6) is 0.0842. The third-order valence-corrected chi connectivity index (χ3v) is 8.95. The van der Waals surface area contributed by atoms with Crippen molar-refractivity contribution in [2.24, 2.45) is 0 Å². The van der Waals surface area contributed by atoms with E-state index in [1.165, 1.54) is 17.2 Å². The van der Waals surface area contributed by atoms with Gasteiger partial charge in [-0.15, -0.1) is 0 Å². The predicted octanol–water partition coefficient (Wildman–Crippen LogP) is 0.957. The fourth-order valence-corrected chi connectivity index (χ4v) is 6.34. The molecule has 20 nitrogen and oxygen atoms in total. The van der Waals surface area contributed by atoms with E-state index in [0.717, 1.165) is 24.3 Å². The van der Waals surface area contributed by atoms with Gasteiger partial charge in [-0.3, -0.25) is 27.2 Å². The molecule has 2 aliphatic rings. The van der Waals surface area contributed by atoms with E-state index >= 15 is 4.39 Å². The van der Waals surface area contributed by atoms with Gasteiger partial charge in [0.2, 0.25) is 0 Å². The van der Waals surface area contributed by atoms with Crippen LogP contribution in [0.1, 0.15) is 18.9 Å². The minimum absolute atomic E-state index is 0.0000673. The highest BCUT2D eigenvalue weighted by molar-refractivity contribution is 7.47. The first-order valence-electron chi connectivity index (χ1n) is 13.0. The van der Waals surface area contributed by atoms with Gasteiger partial charge in [0.05, 0.1) is 32.0 Å². The molecule has 0 aliphatic carbocycles. The van der Waals surface area contributed by atoms with Crippen LogP contribution in [-0.2, 0) is 36.7 Å². The number of fused-ring (bicyclic) bond motifs is 2. The summed E-state index contributed by atoms with van der Waals surface area (Å²) >= 11 is 0. The number of hydrogen-bond acceptors (Lipinski definition) is 16. The summed E-state index contributed by atoms with van der Waals surface area (Å²) in [6.45, 7) is -1.45. The Morgan fingerprint density at radius 3 is 2.07 bits per heavy atom. The number of rotatable bonds is 11. The molecule has 2 saturated heterocycles. The van der Waals surface area contributed by atoms with Crippen molar-refractivity contribution >= 4 is 49.6 Å². The smallest absolute Gasteiger partial charge is 0.382 e. The fraction of sp³-hybridized carbons (Fsp3) is 0.524. The topological polar surface area (TPSA) is 269 Å². The summed E-state index contributed by atoms with van der Waals surface area (Å²) in [5.41, 5.74) is 12.2. The molecule has 2 fully saturated rings. The summed E-state index contributed by atoms with van der Waals surface area (Å²) in [6, 6.07) is 0. The lowest BCUT2D eigenvalue weighted by atomic mass is 10.1. The summed E-state index contributed by atoms with van der Waals surface area (Å²) in [6.07, 6.45) is -6.60. The molecule has 6 rings (SSSR count). The first-order chi connectivity index (χ1) is 21.4. The van der Waals surface area contributed by atoms with Crippen molar-refractivity contribution < 1.29 is 55.3 Å². The second kappa shape index (κ2) is 12.1. The third-order valence-electron chi connectivity index (χ3n) is 7.03. The number of nitrogen functional groups attached to an aromatic ring is 2. The molecule has 24 heteroatoms. The zero-order valence-electron chi connectivity index (χ0n) is 23.0. The molecule has 6 N–H and O–H groups in total. The highest BCUT2D eigenvalue weighted by atomic mass is 31.2. The summed E-state index contributed by atoms with van der Waals surface area (Å²) in [5, 5.41) is 0. The van der Waals surface area contributed by atoms with E-state index < -0.39 is 72.0 Å². The van der Waals surface area contributed by atoms with Crippen molar-refractivity contribution in [2.75, 3.05) is 31.8 Å². The molecule has 4 aromatic rings. The summed E-state index contributed by atoms with van der Waals surface area (Å²) < 4.78 is 89.0. The number of nitrogens with two attached hydrogens (primary N) is 2. The van der Waals surface area contributed by atoms with E-state index in [1.807, 2.05) is 0 Å². The fourth-order valence-electron chi connectivity index (χ4n) is 4.93. The van der Waals surface area contributed by atoms with Gasteiger partial charge in [0.15, 0.2) is 41.6 Å². The lowest BCUT2D eigenvalue weighted by molar-refractivity contribution is -0.0510. The Balaban J connectivity index is 1.16. The second-order valence-corrected chi connectivity index (χ2v) is 12.8. The molecule has 4 aromatic heterocycles. The number of hydrogen-bond donors (Lipinski definition) is 4. The van der Waals surface area contributed by atoms with Gasteiger partial charge in [-0.2, -0.15) is 0 Å². The standard InChI is InChI=1S/C21H26F2N10O10P2/c1-38-44(34,35)40-4-11-15(12(23)21(42-11)33-8-31-14-17(25)27-6-29-19(14)33)43-45(36,37)39-3-9-2-10(22)20(41-9)32-7-30-13-16(24)26-5-28-18(13)32/h5-12,15,20-21H,2-4H2,1H3,(H,34,35)(H,36,37)(H2,24,26,28)(H2,25,27,29)/t9-,10+,11+,12+,15+,20+,21+/m0/s1. The average Bonchev–Trinajstić information content (AvgIpc) is 3.77. The molecule has 0 aromatic carbocycles. The molecule has 2 unspecified atom stereocenters. The Bertz CT molecular complexity index is 1800. The molecule has 0 saturated carbocycles. The van der Waals surface area contributed by atoms with Crippen LogP contribution >= 0.6 is 15.6 Å². The Labute approximate surface area is 250 Å². The van der Waals surface area contributed by atoms with Crippen LogP contribution in [-0.4, -0.2) is 99.8 Å². The van der Waals surface area contributed by atoms with Crippen molar-refractivity contribution in [3.05, 3.63) is 25.3 Å². The highest BCUT2D eigenvalue weighted by Gasteiger charge is 2.51. The SMILES string of the molecule is COP(=O)(O)OC[C@H]1O[C@@H](n2cnc3c(N)ncnc32)[C@H](F)[C@@H]1OP(=O)(O)OC[C@@H]1C[C@@H](F)[C@H](n2cnc3c(N)ncnc32)O1. The van der Waals surface area contributed by atoms with E-state index in [9.17, 15) is 23.3 Å².